The van der Waals surface area contributed by atoms with Crippen molar-refractivity contribution < 1.29 is 37.0 Å². The summed E-state index contributed by atoms with van der Waals surface area (Å²) in [7, 11) is 4.58. The summed E-state index contributed by atoms with van der Waals surface area (Å²) in [5.74, 6) is -3.13. The van der Waals surface area contributed by atoms with Crippen molar-refractivity contribution >= 4 is 29.0 Å². The van der Waals surface area contributed by atoms with E-state index in [1.807, 2.05) is 0 Å². The Hall–Kier alpha value is -5.04. The van der Waals surface area contributed by atoms with Gasteiger partial charge in [-0.3, -0.25) is 24.2 Å². The number of methoxy groups -OCH3 is 1. The number of rotatable bonds is 15. The number of nitrogens with zero attached hydrogens (tertiary/aromatic N) is 3. The van der Waals surface area contributed by atoms with Gasteiger partial charge in [-0.15, -0.1) is 0 Å². The van der Waals surface area contributed by atoms with Gasteiger partial charge in [0.25, 0.3) is 5.56 Å². The average molecular weight is 653 g/mol. The Labute approximate surface area is 269 Å². The van der Waals surface area contributed by atoms with E-state index in [9.17, 15) is 32.3 Å². The quantitative estimate of drug-likeness (QED) is 0.249. The number of ketones is 1. The van der Waals surface area contributed by atoms with Gasteiger partial charge in [0.2, 0.25) is 11.8 Å². The first-order chi connectivity index (χ1) is 22.4. The van der Waals surface area contributed by atoms with Crippen LogP contribution in [0.25, 0.3) is 0 Å². The van der Waals surface area contributed by atoms with E-state index >= 15 is 0 Å². The Morgan fingerprint density at radius 3 is 2.60 bits per heavy atom. The number of likely N-dealkylation sites (N-methyl/N-ethyl adjacent to an activating group) is 1. The first kappa shape index (κ1) is 34.8. The molecule has 0 spiro atoms. The fraction of sp³-hybridized carbons (Fsp3) is 0.324. The van der Waals surface area contributed by atoms with Crippen LogP contribution in [0.1, 0.15) is 29.5 Å². The van der Waals surface area contributed by atoms with Crippen LogP contribution < -0.4 is 15.6 Å². The maximum absolute atomic E-state index is 14.4. The molecule has 10 nitrogen and oxygen atoms in total. The number of carbonyl (C=O) groups is 3. The normalized spacial score (nSPS) is 12.9. The third-order valence-electron chi connectivity index (χ3n) is 7.32. The van der Waals surface area contributed by atoms with Crippen molar-refractivity contribution in [3.8, 4) is 5.75 Å². The number of hydrogen-bond acceptors (Lipinski definition) is 7. The van der Waals surface area contributed by atoms with E-state index in [0.29, 0.717) is 23.4 Å². The number of aliphatic imine (C=N–C) groups is 1. The molecule has 47 heavy (non-hydrogen) atoms. The van der Waals surface area contributed by atoms with Crippen LogP contribution >= 0.6 is 0 Å². The van der Waals surface area contributed by atoms with E-state index in [-0.39, 0.29) is 61.8 Å². The van der Waals surface area contributed by atoms with Crippen LogP contribution in [-0.2, 0) is 45.1 Å². The number of hydrogen-bond donors (Lipinski definition) is 1. The largest absolute Gasteiger partial charge is 0.486 e. The number of ether oxygens (including phenoxy) is 2. The average Bonchev–Trinajstić information content (AvgIpc) is 3.42. The molecule has 1 aliphatic heterocycles. The number of amides is 2. The minimum atomic E-state index is -0.921. The topological polar surface area (TPSA) is 119 Å². The number of pyridine rings is 1. The number of carbonyl (C=O) groups excluding carboxylic acids is 3. The molecule has 0 bridgehead atoms. The molecule has 4 rings (SSSR count). The van der Waals surface area contributed by atoms with Gasteiger partial charge in [0.05, 0.1) is 12.6 Å². The first-order valence-corrected chi connectivity index (χ1v) is 14.8. The highest BCUT2D eigenvalue weighted by atomic mass is 19.1. The zero-order valence-corrected chi connectivity index (χ0v) is 26.2. The minimum absolute atomic E-state index is 0.0435. The Balaban J connectivity index is 1.47. The summed E-state index contributed by atoms with van der Waals surface area (Å²) in [6, 6.07) is 7.73. The van der Waals surface area contributed by atoms with Crippen molar-refractivity contribution in [3.05, 3.63) is 105 Å². The van der Waals surface area contributed by atoms with Gasteiger partial charge in [0.15, 0.2) is 5.78 Å². The maximum atomic E-state index is 14.4. The van der Waals surface area contributed by atoms with Crippen LogP contribution in [0.4, 0.5) is 18.9 Å². The summed E-state index contributed by atoms with van der Waals surface area (Å²) in [6.07, 6.45) is 5.04. The molecule has 2 heterocycles. The Morgan fingerprint density at radius 1 is 1.09 bits per heavy atom. The van der Waals surface area contributed by atoms with E-state index in [2.05, 4.69) is 10.3 Å². The highest BCUT2D eigenvalue weighted by molar-refractivity contribution is 5.95. The third-order valence-corrected chi connectivity index (χ3v) is 7.32. The molecule has 0 fully saturated rings. The molecule has 0 saturated heterocycles. The molecule has 2 amide bonds. The second-order valence-corrected chi connectivity index (χ2v) is 11.2. The summed E-state index contributed by atoms with van der Waals surface area (Å²) in [5.41, 5.74) is 1.24. The molecule has 2 aromatic carbocycles. The number of Topliss-reactive ketones (excluding diaryl/α,β-unsaturated/α-hetero) is 1. The number of allylic oxidation sites excluding steroid dienone is 1. The van der Waals surface area contributed by atoms with E-state index in [1.54, 1.807) is 32.4 Å². The SMILES string of the molecule is COCC(=O)N[C@@H](CC/C=C/C(=O)N(C)C)C(=O)Cc1cccn(CC2=Nc3c(cc(F)cc3OCc3ccc(F)cc3F)C2)c1=O. The Morgan fingerprint density at radius 2 is 1.87 bits per heavy atom. The molecular formula is C34H35F3N4O6. The lowest BCUT2D eigenvalue weighted by Gasteiger charge is -2.17. The molecule has 0 aliphatic carbocycles. The van der Waals surface area contributed by atoms with E-state index in [1.165, 1.54) is 40.9 Å². The number of fused-ring (bicyclic) bond motifs is 1. The van der Waals surface area contributed by atoms with Gasteiger partial charge in [-0.25, -0.2) is 13.2 Å². The lowest BCUT2D eigenvalue weighted by molar-refractivity contribution is -0.130. The predicted molar refractivity (Wildman–Crippen MR) is 168 cm³/mol. The number of halogens is 3. The summed E-state index contributed by atoms with van der Waals surface area (Å²) >= 11 is 0. The first-order valence-electron chi connectivity index (χ1n) is 14.8. The third kappa shape index (κ3) is 9.49. The lowest BCUT2D eigenvalue weighted by atomic mass is 10.0. The molecule has 3 aromatic rings. The number of benzene rings is 2. The summed E-state index contributed by atoms with van der Waals surface area (Å²) in [4.78, 5) is 56.7. The van der Waals surface area contributed by atoms with Crippen molar-refractivity contribution in [2.75, 3.05) is 27.8 Å². The lowest BCUT2D eigenvalue weighted by Crippen LogP contribution is -2.43. The predicted octanol–water partition coefficient (Wildman–Crippen LogP) is 3.84. The van der Waals surface area contributed by atoms with Crippen LogP contribution in [0.15, 0.2) is 70.6 Å². The van der Waals surface area contributed by atoms with Gasteiger partial charge in [-0.2, -0.15) is 0 Å². The molecular weight excluding hydrogens is 617 g/mol. The van der Waals surface area contributed by atoms with Gasteiger partial charge in [0.1, 0.15) is 42.1 Å². The standard InChI is InChI=1S/C34H35F3N4O6/c1-40(2)32(44)9-5-4-8-28(39-31(43)20-46-3)29(42)15-21-7-6-12-41(34(21)45)18-26-14-23-13-25(36)17-30(33(23)38-26)47-19-22-10-11-24(35)16-27(22)37/h5-7,9-13,16-17,28H,4,8,14-15,18-20H2,1-3H3,(H,39,43)/b9-5+/t28-/m0/s1. The number of nitrogens with one attached hydrogen (secondary N) is 1. The summed E-state index contributed by atoms with van der Waals surface area (Å²) < 4.78 is 53.7. The molecule has 248 valence electrons. The van der Waals surface area contributed by atoms with Crippen LogP contribution in [-0.4, -0.2) is 66.6 Å². The number of aromatic nitrogens is 1. The molecule has 1 atom stereocenters. The van der Waals surface area contributed by atoms with Crippen LogP contribution in [0.2, 0.25) is 0 Å². The fourth-order valence-electron chi connectivity index (χ4n) is 4.93. The van der Waals surface area contributed by atoms with Crippen molar-refractivity contribution in [2.45, 2.75) is 44.9 Å². The van der Waals surface area contributed by atoms with Gasteiger partial charge in [-0.1, -0.05) is 12.1 Å². The van der Waals surface area contributed by atoms with Gasteiger partial charge >= 0.3 is 0 Å². The van der Waals surface area contributed by atoms with Gasteiger partial charge < -0.3 is 24.3 Å². The molecule has 13 heteroatoms. The summed E-state index contributed by atoms with van der Waals surface area (Å²) in [5, 5.41) is 2.64. The highest BCUT2D eigenvalue weighted by Crippen LogP contribution is 2.38. The van der Waals surface area contributed by atoms with Crippen LogP contribution in [0, 0.1) is 17.5 Å². The molecule has 1 aromatic heterocycles. The molecule has 0 unspecified atom stereocenters. The maximum Gasteiger partial charge on any atom is 0.254 e. The van der Waals surface area contributed by atoms with E-state index in [0.717, 1.165) is 18.2 Å². The van der Waals surface area contributed by atoms with Gasteiger partial charge in [-0.05, 0) is 48.7 Å². The molecule has 1 N–H and O–H groups in total. The second-order valence-electron chi connectivity index (χ2n) is 11.2. The smallest absolute Gasteiger partial charge is 0.254 e. The zero-order chi connectivity index (χ0) is 34.1. The Bertz CT molecular complexity index is 1770. The minimum Gasteiger partial charge on any atom is -0.486 e. The molecule has 0 saturated carbocycles. The van der Waals surface area contributed by atoms with Crippen molar-refractivity contribution in [2.24, 2.45) is 4.99 Å². The molecule has 0 radical (unpaired) electrons. The van der Waals surface area contributed by atoms with Crippen molar-refractivity contribution in [1.29, 1.82) is 0 Å². The van der Waals surface area contributed by atoms with Crippen LogP contribution in [0.5, 0.6) is 5.75 Å². The highest BCUT2D eigenvalue weighted by Gasteiger charge is 2.24. The fourth-order valence-corrected chi connectivity index (χ4v) is 4.93. The van der Waals surface area contributed by atoms with Crippen molar-refractivity contribution in [3.63, 3.8) is 0 Å². The molecule has 1 aliphatic rings. The van der Waals surface area contributed by atoms with Gasteiger partial charge in [0, 0.05) is 69.2 Å². The van der Waals surface area contributed by atoms with Crippen LogP contribution in [0.3, 0.4) is 0 Å². The monoisotopic (exact) mass is 652 g/mol. The Kier molecular flexibility index (Phi) is 11.8. The van der Waals surface area contributed by atoms with E-state index in [4.69, 9.17) is 9.47 Å². The van der Waals surface area contributed by atoms with E-state index < -0.39 is 40.7 Å². The summed E-state index contributed by atoms with van der Waals surface area (Å²) in [6.45, 7) is -0.483. The second kappa shape index (κ2) is 16.0. The zero-order valence-electron chi connectivity index (χ0n) is 26.2. The van der Waals surface area contributed by atoms with Crippen molar-refractivity contribution in [1.82, 2.24) is 14.8 Å².